The van der Waals surface area contributed by atoms with Gasteiger partial charge < -0.3 is 19.4 Å². The number of para-hydroxylation sites is 2. The van der Waals surface area contributed by atoms with E-state index in [-0.39, 0.29) is 11.8 Å². The molecule has 158 valence electrons. The van der Waals surface area contributed by atoms with Gasteiger partial charge in [-0.15, -0.1) is 0 Å². The SMILES string of the molecule is O=C(Nc1ccc2c(c1)N(C(=O)c1ccco1)CC2)c1ccccc1Oc1ccccc1. The fourth-order valence-electron chi connectivity index (χ4n) is 3.76. The molecule has 1 aliphatic rings. The minimum Gasteiger partial charge on any atom is -0.459 e. The van der Waals surface area contributed by atoms with Crippen LogP contribution in [0.15, 0.2) is 95.6 Å². The molecule has 0 radical (unpaired) electrons. The Labute approximate surface area is 185 Å². The van der Waals surface area contributed by atoms with Crippen LogP contribution in [0, 0.1) is 0 Å². The molecule has 0 spiro atoms. The van der Waals surface area contributed by atoms with Crippen LogP contribution < -0.4 is 15.0 Å². The number of rotatable bonds is 5. The molecule has 6 heteroatoms. The zero-order valence-corrected chi connectivity index (χ0v) is 17.2. The third kappa shape index (κ3) is 3.86. The molecule has 1 aliphatic heterocycles. The van der Waals surface area contributed by atoms with Crippen LogP contribution in [-0.4, -0.2) is 18.4 Å². The summed E-state index contributed by atoms with van der Waals surface area (Å²) < 4.78 is 11.2. The molecule has 3 aromatic carbocycles. The van der Waals surface area contributed by atoms with Crippen molar-refractivity contribution in [2.75, 3.05) is 16.8 Å². The first-order valence-corrected chi connectivity index (χ1v) is 10.3. The van der Waals surface area contributed by atoms with Crippen LogP contribution in [0.25, 0.3) is 0 Å². The summed E-state index contributed by atoms with van der Waals surface area (Å²) >= 11 is 0. The summed E-state index contributed by atoms with van der Waals surface area (Å²) in [6.07, 6.45) is 2.24. The topological polar surface area (TPSA) is 71.8 Å². The van der Waals surface area contributed by atoms with Gasteiger partial charge in [0, 0.05) is 17.9 Å². The number of nitrogens with one attached hydrogen (secondary N) is 1. The van der Waals surface area contributed by atoms with E-state index < -0.39 is 0 Å². The molecule has 6 nitrogen and oxygen atoms in total. The Kier molecular flexibility index (Phi) is 5.17. The fraction of sp³-hybridized carbons (Fsp3) is 0.0769. The van der Waals surface area contributed by atoms with Crippen molar-refractivity contribution in [2.24, 2.45) is 0 Å². The first-order valence-electron chi connectivity index (χ1n) is 10.3. The third-order valence-corrected chi connectivity index (χ3v) is 5.32. The highest BCUT2D eigenvalue weighted by Crippen LogP contribution is 2.33. The summed E-state index contributed by atoms with van der Waals surface area (Å²) in [5.41, 5.74) is 2.84. The summed E-state index contributed by atoms with van der Waals surface area (Å²) in [4.78, 5) is 27.5. The maximum atomic E-state index is 13.0. The van der Waals surface area contributed by atoms with Gasteiger partial charge in [0.25, 0.3) is 11.8 Å². The quantitative estimate of drug-likeness (QED) is 0.457. The normalized spacial score (nSPS) is 12.3. The number of amides is 2. The van der Waals surface area contributed by atoms with Gasteiger partial charge >= 0.3 is 0 Å². The molecular formula is C26H20N2O4. The summed E-state index contributed by atoms with van der Waals surface area (Å²) in [6.45, 7) is 0.569. The van der Waals surface area contributed by atoms with E-state index in [9.17, 15) is 9.59 Å². The van der Waals surface area contributed by atoms with E-state index >= 15 is 0 Å². The number of anilines is 2. The minimum atomic E-state index is -0.293. The van der Waals surface area contributed by atoms with E-state index in [1.807, 2.05) is 54.6 Å². The van der Waals surface area contributed by atoms with Crippen molar-refractivity contribution < 1.29 is 18.7 Å². The molecule has 1 aromatic heterocycles. The van der Waals surface area contributed by atoms with E-state index in [0.717, 1.165) is 17.7 Å². The number of furan rings is 1. The van der Waals surface area contributed by atoms with Crippen LogP contribution in [-0.2, 0) is 6.42 Å². The molecule has 0 saturated heterocycles. The summed E-state index contributed by atoms with van der Waals surface area (Å²) in [5.74, 6) is 0.917. The second-order valence-electron chi connectivity index (χ2n) is 7.39. The lowest BCUT2D eigenvalue weighted by molar-refractivity contribution is 0.0962. The number of hydrogen-bond acceptors (Lipinski definition) is 4. The number of ether oxygens (including phenoxy) is 1. The largest absolute Gasteiger partial charge is 0.459 e. The van der Waals surface area contributed by atoms with Crippen LogP contribution in [0.2, 0.25) is 0 Å². The number of fused-ring (bicyclic) bond motifs is 1. The second-order valence-corrected chi connectivity index (χ2v) is 7.39. The van der Waals surface area contributed by atoms with Crippen LogP contribution >= 0.6 is 0 Å². The smallest absolute Gasteiger partial charge is 0.293 e. The fourth-order valence-corrected chi connectivity index (χ4v) is 3.76. The molecule has 32 heavy (non-hydrogen) atoms. The van der Waals surface area contributed by atoms with Crippen molar-refractivity contribution in [2.45, 2.75) is 6.42 Å². The lowest BCUT2D eigenvalue weighted by Crippen LogP contribution is -2.28. The number of carbonyl (C=O) groups excluding carboxylic acids is 2. The average molecular weight is 424 g/mol. The molecule has 0 saturated carbocycles. The maximum absolute atomic E-state index is 13.0. The average Bonchev–Trinajstić information content (AvgIpc) is 3.50. The summed E-state index contributed by atoms with van der Waals surface area (Å²) in [6, 6.07) is 25.3. The van der Waals surface area contributed by atoms with E-state index in [1.54, 1.807) is 35.2 Å². The lowest BCUT2D eigenvalue weighted by Gasteiger charge is -2.17. The summed E-state index contributed by atoms with van der Waals surface area (Å²) in [7, 11) is 0. The Morgan fingerprint density at radius 1 is 0.906 bits per heavy atom. The predicted molar refractivity (Wildman–Crippen MR) is 121 cm³/mol. The Morgan fingerprint density at radius 3 is 2.53 bits per heavy atom. The third-order valence-electron chi connectivity index (χ3n) is 5.32. The molecular weight excluding hydrogens is 404 g/mol. The number of hydrogen-bond donors (Lipinski definition) is 1. The van der Waals surface area contributed by atoms with E-state index in [2.05, 4.69) is 5.32 Å². The van der Waals surface area contributed by atoms with Crippen molar-refractivity contribution >= 4 is 23.2 Å². The first kappa shape index (κ1) is 19.6. The zero-order chi connectivity index (χ0) is 21.9. The molecule has 1 N–H and O–H groups in total. The molecule has 0 atom stereocenters. The highest BCUT2D eigenvalue weighted by molar-refractivity contribution is 6.08. The monoisotopic (exact) mass is 424 g/mol. The Morgan fingerprint density at radius 2 is 1.72 bits per heavy atom. The molecule has 2 heterocycles. The van der Waals surface area contributed by atoms with Gasteiger partial charge in [0.05, 0.1) is 11.8 Å². The van der Waals surface area contributed by atoms with Crippen LogP contribution in [0.5, 0.6) is 11.5 Å². The Balaban J connectivity index is 1.37. The number of benzene rings is 3. The highest BCUT2D eigenvalue weighted by atomic mass is 16.5. The van der Waals surface area contributed by atoms with Gasteiger partial charge in [-0.25, -0.2) is 0 Å². The van der Waals surface area contributed by atoms with Gasteiger partial charge in [0.15, 0.2) is 5.76 Å². The number of carbonyl (C=O) groups is 2. The minimum absolute atomic E-state index is 0.196. The molecule has 2 amide bonds. The zero-order valence-electron chi connectivity index (χ0n) is 17.2. The van der Waals surface area contributed by atoms with Gasteiger partial charge in [0.1, 0.15) is 11.5 Å². The molecule has 0 aliphatic carbocycles. The second kappa shape index (κ2) is 8.43. The highest BCUT2D eigenvalue weighted by Gasteiger charge is 2.27. The van der Waals surface area contributed by atoms with Crippen LogP contribution in [0.3, 0.4) is 0 Å². The lowest BCUT2D eigenvalue weighted by atomic mass is 10.1. The first-order chi connectivity index (χ1) is 15.7. The molecule has 0 bridgehead atoms. The van der Waals surface area contributed by atoms with Crippen LogP contribution in [0.1, 0.15) is 26.5 Å². The van der Waals surface area contributed by atoms with Crippen molar-refractivity contribution in [3.05, 3.63) is 108 Å². The van der Waals surface area contributed by atoms with Gasteiger partial charge in [-0.1, -0.05) is 36.4 Å². The molecule has 0 unspecified atom stereocenters. The van der Waals surface area contributed by atoms with Crippen molar-refractivity contribution in [3.8, 4) is 11.5 Å². The van der Waals surface area contributed by atoms with Gasteiger partial charge in [-0.05, 0) is 60.5 Å². The molecule has 5 rings (SSSR count). The molecule has 0 fully saturated rings. The molecule has 4 aromatic rings. The Bertz CT molecular complexity index is 1270. The standard InChI is InChI=1S/C26H20N2O4/c29-25(21-9-4-5-10-23(21)32-20-7-2-1-3-8-20)27-19-13-12-18-14-15-28(22(18)17-19)26(30)24-11-6-16-31-24/h1-13,16-17H,14-15H2,(H,27,29). The van der Waals surface area contributed by atoms with Crippen molar-refractivity contribution in [3.63, 3.8) is 0 Å². The van der Waals surface area contributed by atoms with Crippen molar-refractivity contribution in [1.82, 2.24) is 0 Å². The van der Waals surface area contributed by atoms with Gasteiger partial charge in [-0.3, -0.25) is 9.59 Å². The Hall–Kier alpha value is -4.32. The summed E-state index contributed by atoms with van der Waals surface area (Å²) in [5, 5.41) is 2.93. The van der Waals surface area contributed by atoms with E-state index in [4.69, 9.17) is 9.15 Å². The predicted octanol–water partition coefficient (Wildman–Crippen LogP) is 5.53. The maximum Gasteiger partial charge on any atom is 0.293 e. The van der Waals surface area contributed by atoms with E-state index in [0.29, 0.717) is 35.1 Å². The number of nitrogens with zero attached hydrogens (tertiary/aromatic N) is 1. The van der Waals surface area contributed by atoms with E-state index in [1.165, 1.54) is 6.26 Å². The van der Waals surface area contributed by atoms with Crippen molar-refractivity contribution in [1.29, 1.82) is 0 Å². The van der Waals surface area contributed by atoms with Gasteiger partial charge in [-0.2, -0.15) is 0 Å². The van der Waals surface area contributed by atoms with Crippen LogP contribution in [0.4, 0.5) is 11.4 Å². The van der Waals surface area contributed by atoms with Gasteiger partial charge in [0.2, 0.25) is 0 Å².